The van der Waals surface area contributed by atoms with Gasteiger partial charge in [-0.15, -0.1) is 0 Å². The third kappa shape index (κ3) is 4.33. The average molecular weight is 188 g/mol. The Morgan fingerprint density at radius 1 is 0.833 bits per heavy atom. The molecule has 0 aromatic heterocycles. The molecular weight excluding hydrogens is 168 g/mol. The number of thiol groups is 1. The van der Waals surface area contributed by atoms with Crippen molar-refractivity contribution in [1.82, 2.24) is 9.21 Å². The van der Waals surface area contributed by atoms with Crippen LogP contribution in [0.3, 0.4) is 0 Å². The van der Waals surface area contributed by atoms with Crippen LogP contribution in [0.25, 0.3) is 0 Å². The molecule has 0 saturated carbocycles. The number of rotatable bonds is 0. The summed E-state index contributed by atoms with van der Waals surface area (Å²) in [4.78, 5) is 2.44. The molecule has 0 spiro atoms. The maximum Gasteiger partial charge on any atom is 0.00874 e. The minimum Gasteiger partial charge on any atom is -0.306 e. The zero-order valence-electron chi connectivity index (χ0n) is 8.00. The van der Waals surface area contributed by atoms with E-state index in [1.165, 1.54) is 38.8 Å². The van der Waals surface area contributed by atoms with Crippen LogP contribution in [0.1, 0.15) is 25.7 Å². The van der Waals surface area contributed by atoms with Crippen LogP contribution in [0.5, 0.6) is 0 Å². The highest BCUT2D eigenvalue weighted by atomic mass is 32.1. The van der Waals surface area contributed by atoms with E-state index < -0.39 is 0 Å². The lowest BCUT2D eigenvalue weighted by molar-refractivity contribution is 0.293. The fourth-order valence-corrected chi connectivity index (χ4v) is 1.86. The second-order valence-electron chi connectivity index (χ2n) is 3.67. The molecule has 0 amide bonds. The smallest absolute Gasteiger partial charge is 0.00874 e. The lowest BCUT2D eigenvalue weighted by Crippen LogP contribution is -2.25. The van der Waals surface area contributed by atoms with Crippen LogP contribution in [-0.2, 0) is 0 Å². The molecule has 0 N–H and O–H groups in total. The van der Waals surface area contributed by atoms with E-state index in [0.717, 1.165) is 13.1 Å². The van der Waals surface area contributed by atoms with Gasteiger partial charge in [0.15, 0.2) is 0 Å². The van der Waals surface area contributed by atoms with Gasteiger partial charge in [-0.1, -0.05) is 12.8 Å². The highest BCUT2D eigenvalue weighted by Crippen LogP contribution is 2.05. The van der Waals surface area contributed by atoms with Gasteiger partial charge in [-0.05, 0) is 45.8 Å². The third-order valence-corrected chi connectivity index (χ3v) is 2.81. The van der Waals surface area contributed by atoms with Crippen molar-refractivity contribution in [2.24, 2.45) is 0 Å². The topological polar surface area (TPSA) is 6.48 Å². The molecule has 1 aliphatic rings. The summed E-state index contributed by atoms with van der Waals surface area (Å²) >= 11 is 4.40. The Morgan fingerprint density at radius 3 is 1.75 bits per heavy atom. The van der Waals surface area contributed by atoms with Gasteiger partial charge in [0.2, 0.25) is 0 Å². The van der Waals surface area contributed by atoms with E-state index in [4.69, 9.17) is 0 Å². The van der Waals surface area contributed by atoms with Crippen molar-refractivity contribution in [3.05, 3.63) is 0 Å². The van der Waals surface area contributed by atoms with Crippen molar-refractivity contribution in [1.29, 1.82) is 0 Å². The summed E-state index contributed by atoms with van der Waals surface area (Å²) in [5, 5.41) is 0. The molecule has 1 fully saturated rings. The Kier molecular flexibility index (Phi) is 5.04. The second kappa shape index (κ2) is 5.84. The van der Waals surface area contributed by atoms with Gasteiger partial charge in [0.25, 0.3) is 0 Å². The van der Waals surface area contributed by atoms with Crippen molar-refractivity contribution in [2.45, 2.75) is 25.7 Å². The summed E-state index contributed by atoms with van der Waals surface area (Å²) in [5.74, 6) is 0. The molecule has 0 aromatic carbocycles. The molecular formula is C9H20N2S. The van der Waals surface area contributed by atoms with Crippen molar-refractivity contribution >= 4 is 12.8 Å². The predicted octanol–water partition coefficient (Wildman–Crippen LogP) is 1.64. The van der Waals surface area contributed by atoms with Gasteiger partial charge in [0.05, 0.1) is 0 Å². The Labute approximate surface area is 81.5 Å². The molecule has 0 unspecified atom stereocenters. The minimum atomic E-state index is 1.15. The molecule has 1 saturated heterocycles. The molecule has 3 heteroatoms. The molecule has 1 heterocycles. The molecule has 1 rings (SSSR count). The van der Waals surface area contributed by atoms with E-state index in [-0.39, 0.29) is 0 Å². The van der Waals surface area contributed by atoms with E-state index in [0.29, 0.717) is 0 Å². The summed E-state index contributed by atoms with van der Waals surface area (Å²) in [7, 11) is 2.22. The van der Waals surface area contributed by atoms with Gasteiger partial charge >= 0.3 is 0 Å². The Hall–Kier alpha value is 0.270. The van der Waals surface area contributed by atoms with Crippen molar-refractivity contribution < 1.29 is 0 Å². The molecule has 0 aliphatic carbocycles. The minimum absolute atomic E-state index is 1.15. The Morgan fingerprint density at radius 2 is 1.25 bits per heavy atom. The first-order valence-corrected chi connectivity index (χ1v) is 5.31. The summed E-state index contributed by atoms with van der Waals surface area (Å²) in [6.07, 6.45) is 5.20. The standard InChI is InChI=1S/C9H20N2S/c1-10-6-2-4-8-11(12)9-5-3-7-10/h12H,2-9H2,1H3. The first-order chi connectivity index (χ1) is 5.79. The SMILES string of the molecule is CN1CCCCN(S)CCCC1. The predicted molar refractivity (Wildman–Crippen MR) is 56.5 cm³/mol. The van der Waals surface area contributed by atoms with Crippen LogP contribution >= 0.6 is 12.8 Å². The molecule has 12 heavy (non-hydrogen) atoms. The summed E-state index contributed by atoms with van der Waals surface area (Å²) in [6.45, 7) is 4.80. The van der Waals surface area contributed by atoms with Crippen LogP contribution in [0.2, 0.25) is 0 Å². The number of nitrogens with zero attached hydrogens (tertiary/aromatic N) is 2. The van der Waals surface area contributed by atoms with Crippen molar-refractivity contribution in [3.63, 3.8) is 0 Å². The van der Waals surface area contributed by atoms with Crippen molar-refractivity contribution in [2.75, 3.05) is 33.2 Å². The molecule has 0 bridgehead atoms. The Bertz CT molecular complexity index is 93.1. The van der Waals surface area contributed by atoms with Crippen LogP contribution in [0.15, 0.2) is 0 Å². The summed E-state index contributed by atoms with van der Waals surface area (Å²) in [6, 6.07) is 0. The normalized spacial score (nSPS) is 25.5. The molecule has 0 atom stereocenters. The van der Waals surface area contributed by atoms with E-state index >= 15 is 0 Å². The number of hydrogen-bond acceptors (Lipinski definition) is 3. The van der Waals surface area contributed by atoms with E-state index in [2.05, 4.69) is 29.1 Å². The van der Waals surface area contributed by atoms with E-state index in [1.54, 1.807) is 0 Å². The molecule has 0 aromatic rings. The largest absolute Gasteiger partial charge is 0.306 e. The fraction of sp³-hybridized carbons (Fsp3) is 1.00. The van der Waals surface area contributed by atoms with Gasteiger partial charge in [-0.3, -0.25) is 4.31 Å². The zero-order chi connectivity index (χ0) is 8.81. The first kappa shape index (κ1) is 10.4. The number of hydrogen-bond donors (Lipinski definition) is 1. The average Bonchev–Trinajstić information content (AvgIpc) is 2.06. The molecule has 0 radical (unpaired) electrons. The highest BCUT2D eigenvalue weighted by Gasteiger charge is 2.04. The van der Waals surface area contributed by atoms with Gasteiger partial charge < -0.3 is 4.90 Å². The molecule has 1 aliphatic heterocycles. The van der Waals surface area contributed by atoms with Crippen LogP contribution in [-0.4, -0.2) is 42.4 Å². The maximum absolute atomic E-state index is 4.40. The lowest BCUT2D eigenvalue weighted by Gasteiger charge is -2.21. The van der Waals surface area contributed by atoms with E-state index in [9.17, 15) is 0 Å². The molecule has 2 nitrogen and oxygen atoms in total. The van der Waals surface area contributed by atoms with Crippen molar-refractivity contribution in [3.8, 4) is 0 Å². The highest BCUT2D eigenvalue weighted by molar-refractivity contribution is 7.77. The summed E-state index contributed by atoms with van der Waals surface area (Å²) in [5.41, 5.74) is 0. The maximum atomic E-state index is 4.40. The van der Waals surface area contributed by atoms with Gasteiger partial charge in [-0.25, -0.2) is 0 Å². The van der Waals surface area contributed by atoms with Gasteiger partial charge in [-0.2, -0.15) is 0 Å². The third-order valence-electron chi connectivity index (χ3n) is 2.41. The lowest BCUT2D eigenvalue weighted by atomic mass is 10.2. The zero-order valence-corrected chi connectivity index (χ0v) is 8.89. The van der Waals surface area contributed by atoms with E-state index in [1.807, 2.05) is 0 Å². The van der Waals surface area contributed by atoms with Crippen LogP contribution in [0.4, 0.5) is 0 Å². The quantitative estimate of drug-likeness (QED) is 0.577. The van der Waals surface area contributed by atoms with Crippen LogP contribution in [0, 0.1) is 0 Å². The van der Waals surface area contributed by atoms with Gasteiger partial charge in [0.1, 0.15) is 0 Å². The summed E-state index contributed by atoms with van der Waals surface area (Å²) < 4.78 is 2.16. The fourth-order valence-electron chi connectivity index (χ4n) is 1.58. The molecule has 72 valence electrons. The second-order valence-corrected chi connectivity index (χ2v) is 4.24. The van der Waals surface area contributed by atoms with Crippen LogP contribution < -0.4 is 0 Å². The first-order valence-electron chi connectivity index (χ1n) is 4.91. The van der Waals surface area contributed by atoms with Gasteiger partial charge in [0, 0.05) is 13.1 Å². The Balaban J connectivity index is 2.20. The monoisotopic (exact) mass is 188 g/mol.